The molecule has 2 fully saturated rings. The predicted octanol–water partition coefficient (Wildman–Crippen LogP) is -1.61. The zero-order chi connectivity index (χ0) is 23.0. The molecule has 2 aliphatic heterocycles. The van der Waals surface area contributed by atoms with Gasteiger partial charge in [-0.1, -0.05) is 18.2 Å². The Kier molecular flexibility index (Phi) is 8.53. The number of rotatable bonds is 12. The van der Waals surface area contributed by atoms with Crippen LogP contribution in [0.4, 0.5) is 0 Å². The highest BCUT2D eigenvalue weighted by Gasteiger charge is 2.45. The summed E-state index contributed by atoms with van der Waals surface area (Å²) in [5.74, 6) is -2.14. The van der Waals surface area contributed by atoms with Crippen molar-refractivity contribution in [3.05, 3.63) is 30.3 Å². The third-order valence-electron chi connectivity index (χ3n) is 5.26. The first-order chi connectivity index (χ1) is 15.3. The van der Waals surface area contributed by atoms with Gasteiger partial charge in [0.25, 0.3) is 0 Å². The molecule has 13 heteroatoms. The Bertz CT molecular complexity index is 874. The standard InChI is InChI=1S/C19H30N6O6S/c26-16(15-8-13-31-24-15)23-19(17(27)28,9-4-5-10-20-18-21-11-12-22-18)25-32(29,30)14-6-2-1-3-7-14/h1-3,6-7,15,18,20-22,24-25H,4-5,8-13H2,(H,23,26)(H,27,28). The largest absolute Gasteiger partial charge is 0.478 e. The average molecular weight is 471 g/mol. The van der Waals surface area contributed by atoms with E-state index in [1.165, 1.54) is 24.3 Å². The van der Waals surface area contributed by atoms with Crippen molar-refractivity contribution in [1.29, 1.82) is 0 Å². The molecule has 2 saturated heterocycles. The molecule has 7 N–H and O–H groups in total. The van der Waals surface area contributed by atoms with E-state index in [2.05, 4.69) is 31.5 Å². The minimum absolute atomic E-state index is 0.0102. The van der Waals surface area contributed by atoms with Crippen LogP contribution in [0.2, 0.25) is 0 Å². The molecule has 0 saturated carbocycles. The van der Waals surface area contributed by atoms with Crippen molar-refractivity contribution in [2.75, 3.05) is 26.2 Å². The van der Waals surface area contributed by atoms with Crippen LogP contribution in [0.5, 0.6) is 0 Å². The zero-order valence-corrected chi connectivity index (χ0v) is 18.4. The number of nitrogens with one attached hydrogen (secondary N) is 6. The molecular weight excluding hydrogens is 440 g/mol. The van der Waals surface area contributed by atoms with Crippen molar-refractivity contribution >= 4 is 21.9 Å². The van der Waals surface area contributed by atoms with Gasteiger partial charge in [0.1, 0.15) is 12.3 Å². The van der Waals surface area contributed by atoms with Gasteiger partial charge in [0.15, 0.2) is 0 Å². The van der Waals surface area contributed by atoms with Gasteiger partial charge < -0.3 is 15.3 Å². The first-order valence-electron chi connectivity index (χ1n) is 10.5. The van der Waals surface area contributed by atoms with Gasteiger partial charge in [0, 0.05) is 13.1 Å². The molecule has 2 atom stereocenters. The lowest BCUT2D eigenvalue weighted by atomic mass is 10.0. The van der Waals surface area contributed by atoms with Crippen molar-refractivity contribution < 1.29 is 28.0 Å². The molecule has 178 valence electrons. The number of hydroxylamine groups is 1. The fraction of sp³-hybridized carbons (Fsp3) is 0.579. The number of carbonyl (C=O) groups excluding carboxylic acids is 1. The van der Waals surface area contributed by atoms with Crippen molar-refractivity contribution in [3.63, 3.8) is 0 Å². The third kappa shape index (κ3) is 6.45. The number of unbranched alkanes of at least 4 members (excludes halogenated alkanes) is 1. The van der Waals surface area contributed by atoms with Crippen LogP contribution in [0.1, 0.15) is 25.7 Å². The van der Waals surface area contributed by atoms with E-state index in [1.54, 1.807) is 6.07 Å². The van der Waals surface area contributed by atoms with Gasteiger partial charge in [-0.15, -0.1) is 0 Å². The van der Waals surface area contributed by atoms with Crippen LogP contribution >= 0.6 is 0 Å². The highest BCUT2D eigenvalue weighted by atomic mass is 32.2. The summed E-state index contributed by atoms with van der Waals surface area (Å²) < 4.78 is 28.1. The van der Waals surface area contributed by atoms with E-state index in [9.17, 15) is 23.1 Å². The molecule has 2 unspecified atom stereocenters. The SMILES string of the molecule is O=C(NC(CCCCNC1NCCN1)(NS(=O)(=O)c1ccccc1)C(=O)O)C1CCON1. The molecule has 0 aromatic heterocycles. The summed E-state index contributed by atoms with van der Waals surface area (Å²) in [6.45, 7) is 2.58. The lowest BCUT2D eigenvalue weighted by Crippen LogP contribution is -2.67. The molecule has 32 heavy (non-hydrogen) atoms. The number of benzene rings is 1. The second-order valence-corrected chi connectivity index (χ2v) is 9.36. The second-order valence-electron chi connectivity index (χ2n) is 7.68. The maximum absolute atomic E-state index is 12.9. The zero-order valence-electron chi connectivity index (χ0n) is 17.6. The number of hydrogen-bond donors (Lipinski definition) is 7. The Morgan fingerprint density at radius 1 is 1.16 bits per heavy atom. The average Bonchev–Trinajstić information content (AvgIpc) is 3.48. The lowest BCUT2D eigenvalue weighted by Gasteiger charge is -2.32. The Morgan fingerprint density at radius 3 is 2.50 bits per heavy atom. The minimum atomic E-state index is -4.22. The number of carboxylic acid groups (broad SMARTS) is 1. The molecule has 1 amide bonds. The second kappa shape index (κ2) is 11.1. The Balaban J connectivity index is 1.72. The molecule has 2 aliphatic rings. The van der Waals surface area contributed by atoms with Gasteiger partial charge in [-0.2, -0.15) is 10.2 Å². The fourth-order valence-corrected chi connectivity index (χ4v) is 4.85. The maximum Gasteiger partial charge on any atom is 0.345 e. The Hall–Kier alpha value is -2.13. The van der Waals surface area contributed by atoms with E-state index in [0.29, 0.717) is 32.4 Å². The summed E-state index contributed by atoms with van der Waals surface area (Å²) in [6, 6.07) is 6.66. The van der Waals surface area contributed by atoms with Crippen LogP contribution in [0, 0.1) is 0 Å². The monoisotopic (exact) mass is 470 g/mol. The van der Waals surface area contributed by atoms with Crippen molar-refractivity contribution in [2.45, 2.75) is 48.6 Å². The third-order valence-corrected chi connectivity index (χ3v) is 6.77. The summed E-state index contributed by atoms with van der Waals surface area (Å²) in [4.78, 5) is 29.9. The predicted molar refractivity (Wildman–Crippen MR) is 114 cm³/mol. The fourth-order valence-electron chi connectivity index (χ4n) is 3.52. The molecule has 1 aromatic carbocycles. The summed E-state index contributed by atoms with van der Waals surface area (Å²) >= 11 is 0. The normalized spacial score (nSPS) is 21.3. The molecule has 0 spiro atoms. The number of hydrogen-bond acceptors (Lipinski definition) is 9. The molecule has 12 nitrogen and oxygen atoms in total. The van der Waals surface area contributed by atoms with Gasteiger partial charge >= 0.3 is 5.97 Å². The maximum atomic E-state index is 12.9. The Labute approximate surface area is 186 Å². The molecule has 2 heterocycles. The molecular formula is C19H30N6O6S. The van der Waals surface area contributed by atoms with E-state index in [1.807, 2.05) is 0 Å². The van der Waals surface area contributed by atoms with Crippen LogP contribution in [0.15, 0.2) is 35.2 Å². The van der Waals surface area contributed by atoms with Gasteiger partial charge in [0.2, 0.25) is 21.6 Å². The van der Waals surface area contributed by atoms with Crippen LogP contribution in [-0.2, 0) is 24.4 Å². The van der Waals surface area contributed by atoms with Crippen LogP contribution in [0.3, 0.4) is 0 Å². The van der Waals surface area contributed by atoms with Crippen molar-refractivity contribution in [3.8, 4) is 0 Å². The van der Waals surface area contributed by atoms with Crippen molar-refractivity contribution in [1.82, 2.24) is 31.5 Å². The van der Waals surface area contributed by atoms with Crippen LogP contribution in [-0.4, -0.2) is 69.6 Å². The van der Waals surface area contributed by atoms with Gasteiger partial charge in [0.05, 0.1) is 11.5 Å². The topological polar surface area (TPSA) is 170 Å². The van der Waals surface area contributed by atoms with Gasteiger partial charge in [-0.25, -0.2) is 13.2 Å². The van der Waals surface area contributed by atoms with Gasteiger partial charge in [-0.3, -0.25) is 20.7 Å². The quantitative estimate of drug-likeness (QED) is 0.139. The van der Waals surface area contributed by atoms with E-state index < -0.39 is 33.6 Å². The van der Waals surface area contributed by atoms with E-state index in [4.69, 9.17) is 4.84 Å². The molecule has 0 bridgehead atoms. The summed E-state index contributed by atoms with van der Waals surface area (Å²) in [5.41, 5.74) is 0.305. The Morgan fingerprint density at radius 2 is 1.88 bits per heavy atom. The minimum Gasteiger partial charge on any atom is -0.478 e. The molecule has 0 aliphatic carbocycles. The summed E-state index contributed by atoms with van der Waals surface area (Å²) in [5, 5.41) is 22.1. The highest BCUT2D eigenvalue weighted by molar-refractivity contribution is 7.89. The number of carboxylic acids is 1. The first kappa shape index (κ1) is 24.5. The summed E-state index contributed by atoms with van der Waals surface area (Å²) in [7, 11) is -4.22. The van der Waals surface area contributed by atoms with Gasteiger partial charge in [-0.05, 0) is 44.4 Å². The first-order valence-corrected chi connectivity index (χ1v) is 12.0. The van der Waals surface area contributed by atoms with Crippen molar-refractivity contribution in [2.24, 2.45) is 0 Å². The number of aliphatic carboxylic acids is 1. The van der Waals surface area contributed by atoms with E-state index in [0.717, 1.165) is 13.1 Å². The molecule has 3 rings (SSSR count). The summed E-state index contributed by atoms with van der Waals surface area (Å²) in [6.07, 6.45) is 1.11. The van der Waals surface area contributed by atoms with Crippen LogP contribution < -0.4 is 31.5 Å². The van der Waals surface area contributed by atoms with E-state index >= 15 is 0 Å². The van der Waals surface area contributed by atoms with E-state index in [-0.39, 0.29) is 17.6 Å². The number of amides is 1. The number of sulfonamides is 1. The lowest BCUT2D eigenvalue weighted by molar-refractivity contribution is -0.149. The van der Waals surface area contributed by atoms with Crippen LogP contribution in [0.25, 0.3) is 0 Å². The smallest absolute Gasteiger partial charge is 0.345 e. The molecule has 1 aromatic rings. The highest BCUT2D eigenvalue weighted by Crippen LogP contribution is 2.19. The number of carbonyl (C=O) groups is 2. The molecule has 0 radical (unpaired) electrons.